The van der Waals surface area contributed by atoms with Gasteiger partial charge in [0.1, 0.15) is 0 Å². The molecule has 0 fully saturated rings. The topological polar surface area (TPSA) is 41.7 Å². The van der Waals surface area contributed by atoms with Crippen molar-refractivity contribution < 1.29 is 9.90 Å². The fourth-order valence-corrected chi connectivity index (χ4v) is 2.99. The van der Waals surface area contributed by atoms with E-state index >= 15 is 0 Å². The molecule has 1 aliphatic carbocycles. The van der Waals surface area contributed by atoms with Crippen LogP contribution in [0, 0.1) is 13.5 Å². The molecule has 0 saturated carbocycles. The fourth-order valence-electron chi connectivity index (χ4n) is 1.85. The maximum Gasteiger partial charge on any atom is 0.334 e. The Labute approximate surface area is 91.5 Å². The summed E-state index contributed by atoms with van der Waals surface area (Å²) in [4.78, 5) is 16.2. The van der Waals surface area contributed by atoms with Crippen molar-refractivity contribution in [2.75, 3.05) is 0 Å². The summed E-state index contributed by atoms with van der Waals surface area (Å²) in [5, 5.41) is 8.90. The van der Waals surface area contributed by atoms with E-state index in [1.165, 1.54) is 10.4 Å². The Bertz CT molecular complexity index is 505. The summed E-state index contributed by atoms with van der Waals surface area (Å²) in [5.41, 5.74) is 1.79. The molecule has 4 heteroatoms. The van der Waals surface area contributed by atoms with Gasteiger partial charge in [-0.25, -0.2) is 4.85 Å². The summed E-state index contributed by atoms with van der Waals surface area (Å²) >= 11 is 1.58. The van der Waals surface area contributed by atoms with E-state index < -0.39 is 5.97 Å². The number of fused-ring (bicyclic) bond motifs is 1. The molecule has 0 saturated heterocycles. The average molecular weight is 219 g/mol. The average Bonchev–Trinajstić information content (AvgIpc) is 2.67. The molecule has 0 aromatic carbocycles. The molecule has 0 amide bonds. The van der Waals surface area contributed by atoms with Crippen LogP contribution in [0.1, 0.15) is 21.7 Å². The lowest BCUT2D eigenvalue weighted by Crippen LogP contribution is -1.98. The van der Waals surface area contributed by atoms with Gasteiger partial charge in [-0.1, -0.05) is 0 Å². The van der Waals surface area contributed by atoms with E-state index in [-0.39, 0.29) is 5.70 Å². The second-order valence-electron chi connectivity index (χ2n) is 3.46. The Morgan fingerprint density at radius 2 is 2.33 bits per heavy atom. The van der Waals surface area contributed by atoms with E-state index in [9.17, 15) is 4.79 Å². The maximum absolute atomic E-state index is 10.9. The van der Waals surface area contributed by atoms with Gasteiger partial charge in [0.15, 0.2) is 0 Å². The zero-order chi connectivity index (χ0) is 11.0. The zero-order valence-corrected chi connectivity index (χ0v) is 9.02. The molecule has 0 radical (unpaired) electrons. The largest absolute Gasteiger partial charge is 0.486 e. The van der Waals surface area contributed by atoms with Gasteiger partial charge in [0.2, 0.25) is 0 Å². The minimum absolute atomic E-state index is 0.115. The highest BCUT2D eigenvalue weighted by molar-refractivity contribution is 7.13. The quantitative estimate of drug-likeness (QED) is 0.583. The Morgan fingerprint density at radius 3 is 2.93 bits per heavy atom. The van der Waals surface area contributed by atoms with Crippen molar-refractivity contribution in [1.82, 2.24) is 0 Å². The molecule has 0 bridgehead atoms. The van der Waals surface area contributed by atoms with Crippen molar-refractivity contribution in [1.29, 1.82) is 0 Å². The molecule has 76 valence electrons. The van der Waals surface area contributed by atoms with Gasteiger partial charge >= 0.3 is 5.97 Å². The lowest BCUT2D eigenvalue weighted by molar-refractivity contribution is -0.132. The van der Waals surface area contributed by atoms with Crippen molar-refractivity contribution in [3.05, 3.63) is 38.5 Å². The van der Waals surface area contributed by atoms with Crippen LogP contribution in [0.4, 0.5) is 0 Å². The summed E-state index contributed by atoms with van der Waals surface area (Å²) in [6.07, 6.45) is 1.55. The lowest BCUT2D eigenvalue weighted by Gasteiger charge is -1.98. The number of hydrogen-bond acceptors (Lipinski definition) is 2. The Morgan fingerprint density at radius 1 is 1.60 bits per heavy atom. The monoisotopic (exact) mass is 219 g/mol. The standard InChI is InChI=1S/C11H9NO2S/c1-6-5-7-3-4-8(10(7)15-6)9(12-2)11(13)14/h5H,3-4H2,1H3,(H,13,14)/b9-8-. The normalized spacial score (nSPS) is 17.1. The van der Waals surface area contributed by atoms with E-state index in [0.29, 0.717) is 12.0 Å². The lowest BCUT2D eigenvalue weighted by atomic mass is 10.2. The van der Waals surface area contributed by atoms with Crippen LogP contribution in [0.5, 0.6) is 0 Å². The highest BCUT2D eigenvalue weighted by atomic mass is 32.1. The highest BCUT2D eigenvalue weighted by Gasteiger charge is 2.25. The van der Waals surface area contributed by atoms with Gasteiger partial charge < -0.3 is 5.11 Å². The molecule has 0 aliphatic heterocycles. The first kappa shape index (κ1) is 9.94. The van der Waals surface area contributed by atoms with Crippen molar-refractivity contribution in [3.8, 4) is 0 Å². The van der Waals surface area contributed by atoms with Crippen LogP contribution in [-0.4, -0.2) is 11.1 Å². The molecule has 1 aromatic heterocycles. The van der Waals surface area contributed by atoms with E-state index in [0.717, 1.165) is 11.3 Å². The third-order valence-corrected chi connectivity index (χ3v) is 3.60. The third kappa shape index (κ3) is 1.55. The van der Waals surface area contributed by atoms with Gasteiger partial charge in [-0.2, -0.15) is 0 Å². The number of carboxylic acid groups (broad SMARTS) is 1. The second kappa shape index (κ2) is 3.52. The van der Waals surface area contributed by atoms with Gasteiger partial charge in [-0.3, -0.25) is 4.79 Å². The number of hydrogen-bond donors (Lipinski definition) is 1. The van der Waals surface area contributed by atoms with Crippen molar-refractivity contribution in [2.24, 2.45) is 0 Å². The molecule has 1 N–H and O–H groups in total. The molecule has 0 unspecified atom stereocenters. The minimum Gasteiger partial charge on any atom is -0.486 e. The van der Waals surface area contributed by atoms with E-state index in [1.54, 1.807) is 11.3 Å². The number of nitrogens with zero attached hydrogens (tertiary/aromatic N) is 1. The summed E-state index contributed by atoms with van der Waals surface area (Å²) in [6, 6.07) is 2.08. The number of carbonyl (C=O) groups is 1. The molecular formula is C11H9NO2S. The first-order valence-corrected chi connectivity index (χ1v) is 5.38. The van der Waals surface area contributed by atoms with Crippen molar-refractivity contribution in [3.63, 3.8) is 0 Å². The highest BCUT2D eigenvalue weighted by Crippen LogP contribution is 2.40. The predicted molar refractivity (Wildman–Crippen MR) is 58.5 cm³/mol. The van der Waals surface area contributed by atoms with Crippen LogP contribution in [0.2, 0.25) is 0 Å². The minimum atomic E-state index is -1.11. The van der Waals surface area contributed by atoms with Crippen molar-refractivity contribution in [2.45, 2.75) is 19.8 Å². The Balaban J connectivity index is 2.59. The zero-order valence-electron chi connectivity index (χ0n) is 8.20. The number of aryl methyl sites for hydroxylation is 2. The fraction of sp³-hybridized carbons (Fsp3) is 0.273. The smallest absolute Gasteiger partial charge is 0.334 e. The second-order valence-corrected chi connectivity index (χ2v) is 4.71. The molecule has 0 atom stereocenters. The molecule has 1 heterocycles. The molecule has 1 aromatic rings. The van der Waals surface area contributed by atoms with Crippen LogP contribution in [-0.2, 0) is 11.2 Å². The van der Waals surface area contributed by atoms with Crippen LogP contribution in [0.15, 0.2) is 11.8 Å². The number of allylic oxidation sites excluding steroid dienone is 1. The van der Waals surface area contributed by atoms with Gasteiger partial charge in [-0.05, 0) is 37.0 Å². The Hall–Kier alpha value is -1.60. The number of aliphatic carboxylic acids is 1. The van der Waals surface area contributed by atoms with Crippen LogP contribution < -0.4 is 0 Å². The Kier molecular flexibility index (Phi) is 2.33. The molecule has 2 rings (SSSR count). The molecule has 1 aliphatic rings. The first-order chi connectivity index (χ1) is 7.13. The van der Waals surface area contributed by atoms with E-state index in [1.807, 2.05) is 6.92 Å². The van der Waals surface area contributed by atoms with Gasteiger partial charge in [0.05, 0.1) is 6.57 Å². The summed E-state index contributed by atoms with van der Waals surface area (Å²) < 4.78 is 0. The number of carboxylic acids is 1. The first-order valence-electron chi connectivity index (χ1n) is 4.57. The third-order valence-electron chi connectivity index (χ3n) is 2.45. The van der Waals surface area contributed by atoms with Crippen molar-refractivity contribution >= 4 is 22.9 Å². The molecule has 0 spiro atoms. The SMILES string of the molecule is [C-]#[N+]/C(C(=O)O)=C1/CCc2cc(C)sc21. The molecular weight excluding hydrogens is 210 g/mol. The van der Waals surface area contributed by atoms with Gasteiger partial charge in [0.25, 0.3) is 5.70 Å². The predicted octanol–water partition coefficient (Wildman–Crippen LogP) is 2.72. The van der Waals surface area contributed by atoms with Crippen LogP contribution in [0.3, 0.4) is 0 Å². The van der Waals surface area contributed by atoms with E-state index in [2.05, 4.69) is 10.9 Å². The van der Waals surface area contributed by atoms with Crippen LogP contribution in [0.25, 0.3) is 10.4 Å². The summed E-state index contributed by atoms with van der Waals surface area (Å²) in [5.74, 6) is -1.11. The van der Waals surface area contributed by atoms with E-state index in [4.69, 9.17) is 11.7 Å². The number of rotatable bonds is 1. The summed E-state index contributed by atoms with van der Waals surface area (Å²) in [6.45, 7) is 8.89. The maximum atomic E-state index is 10.9. The van der Waals surface area contributed by atoms with Gasteiger partial charge in [-0.15, -0.1) is 11.3 Å². The molecule has 3 nitrogen and oxygen atoms in total. The van der Waals surface area contributed by atoms with Crippen LogP contribution >= 0.6 is 11.3 Å². The summed E-state index contributed by atoms with van der Waals surface area (Å²) in [7, 11) is 0. The number of thiophene rings is 1. The van der Waals surface area contributed by atoms with Gasteiger partial charge in [0, 0.05) is 9.75 Å². The molecule has 15 heavy (non-hydrogen) atoms.